The lowest BCUT2D eigenvalue weighted by atomic mass is 9.90. The molecule has 3 heteroatoms. The van der Waals surface area contributed by atoms with Gasteiger partial charge in [0.15, 0.2) is 0 Å². The van der Waals surface area contributed by atoms with Crippen molar-refractivity contribution in [1.29, 1.82) is 0 Å². The highest BCUT2D eigenvalue weighted by atomic mass is 16.4. The fourth-order valence-electron chi connectivity index (χ4n) is 2.39. The first-order valence-corrected chi connectivity index (χ1v) is 5.87. The molecule has 0 aromatic heterocycles. The molecule has 2 rings (SSSR count). The molecule has 0 radical (unpaired) electrons. The first-order valence-electron chi connectivity index (χ1n) is 5.87. The Morgan fingerprint density at radius 3 is 1.83 bits per heavy atom. The average molecular weight is 243 g/mol. The van der Waals surface area contributed by atoms with Crippen molar-refractivity contribution in [3.63, 3.8) is 0 Å². The van der Waals surface area contributed by atoms with Gasteiger partial charge < -0.3 is 10.8 Å². The van der Waals surface area contributed by atoms with E-state index in [9.17, 15) is 4.79 Å². The molecule has 2 aromatic carbocycles. The molecule has 0 aliphatic heterocycles. The predicted molar refractivity (Wildman–Crippen MR) is 74.3 cm³/mol. The molecule has 0 saturated heterocycles. The van der Waals surface area contributed by atoms with E-state index in [-0.39, 0.29) is 5.56 Å². The third kappa shape index (κ3) is 1.63. The quantitative estimate of drug-likeness (QED) is 0.755. The molecule has 0 amide bonds. The predicted octanol–water partition coefficient (Wildman–Crippen LogP) is 3.35. The van der Waals surface area contributed by atoms with Gasteiger partial charge in [-0.1, -0.05) is 0 Å². The number of anilines is 1. The van der Waals surface area contributed by atoms with E-state index in [2.05, 4.69) is 13.8 Å². The fraction of sp³-hybridized carbons (Fsp3) is 0.267. The number of nitrogens with two attached hydrogens (primary N) is 1. The first kappa shape index (κ1) is 12.4. The van der Waals surface area contributed by atoms with Gasteiger partial charge in [-0.3, -0.25) is 0 Å². The van der Waals surface area contributed by atoms with Crippen molar-refractivity contribution < 1.29 is 9.90 Å². The van der Waals surface area contributed by atoms with Crippen molar-refractivity contribution in [2.24, 2.45) is 0 Å². The minimum atomic E-state index is -0.982. The van der Waals surface area contributed by atoms with Crippen LogP contribution in [-0.4, -0.2) is 11.1 Å². The molecule has 2 aromatic rings. The molecule has 0 aliphatic carbocycles. The third-order valence-corrected chi connectivity index (χ3v) is 3.92. The number of aromatic carboxylic acids is 1. The lowest BCUT2D eigenvalue weighted by Gasteiger charge is -2.15. The Balaban J connectivity index is 2.98. The number of hydrogen-bond donors (Lipinski definition) is 2. The summed E-state index contributed by atoms with van der Waals surface area (Å²) in [5, 5.41) is 11.1. The van der Waals surface area contributed by atoms with Gasteiger partial charge in [0.2, 0.25) is 0 Å². The van der Waals surface area contributed by atoms with E-state index in [1.54, 1.807) is 12.1 Å². The standard InChI is InChI=1S/C15H17NO2/c1-7-8(2)10(4)12-6-14(16)13(15(17)18)5-11(12)9(7)3/h5-6H,16H2,1-4H3,(H,17,18). The zero-order valence-electron chi connectivity index (χ0n) is 11.1. The van der Waals surface area contributed by atoms with Gasteiger partial charge in [-0.2, -0.15) is 0 Å². The van der Waals surface area contributed by atoms with E-state index >= 15 is 0 Å². The molecule has 3 nitrogen and oxygen atoms in total. The fourth-order valence-corrected chi connectivity index (χ4v) is 2.39. The molecule has 0 fully saturated rings. The van der Waals surface area contributed by atoms with Crippen molar-refractivity contribution in [2.75, 3.05) is 5.73 Å². The van der Waals surface area contributed by atoms with Gasteiger partial charge in [-0.05, 0) is 72.9 Å². The number of rotatable bonds is 1. The van der Waals surface area contributed by atoms with Crippen molar-refractivity contribution in [2.45, 2.75) is 27.7 Å². The molecule has 0 spiro atoms. The van der Waals surface area contributed by atoms with Gasteiger partial charge in [0.25, 0.3) is 0 Å². The zero-order chi connectivity index (χ0) is 13.6. The second-order valence-electron chi connectivity index (χ2n) is 4.79. The van der Waals surface area contributed by atoms with Crippen LogP contribution in [0.3, 0.4) is 0 Å². The highest BCUT2D eigenvalue weighted by Crippen LogP contribution is 2.32. The Kier molecular flexibility index (Phi) is 2.77. The molecular weight excluding hydrogens is 226 g/mol. The Bertz CT molecular complexity index is 672. The molecule has 0 bridgehead atoms. The van der Waals surface area contributed by atoms with Gasteiger partial charge in [0, 0.05) is 5.69 Å². The number of fused-ring (bicyclic) bond motifs is 1. The van der Waals surface area contributed by atoms with E-state index in [1.165, 1.54) is 11.1 Å². The summed E-state index contributed by atoms with van der Waals surface area (Å²) in [4.78, 5) is 11.1. The maximum atomic E-state index is 11.1. The van der Waals surface area contributed by atoms with Crippen LogP contribution in [-0.2, 0) is 0 Å². The summed E-state index contributed by atoms with van der Waals surface area (Å²) in [5.41, 5.74) is 11.0. The maximum Gasteiger partial charge on any atom is 0.337 e. The summed E-state index contributed by atoms with van der Waals surface area (Å²) in [7, 11) is 0. The van der Waals surface area contributed by atoms with E-state index in [1.807, 2.05) is 13.8 Å². The Morgan fingerprint density at radius 2 is 1.39 bits per heavy atom. The van der Waals surface area contributed by atoms with Gasteiger partial charge in [-0.15, -0.1) is 0 Å². The molecule has 0 heterocycles. The Labute approximate surface area is 106 Å². The number of carboxylic acids is 1. The number of carbonyl (C=O) groups is 1. The summed E-state index contributed by atoms with van der Waals surface area (Å²) >= 11 is 0. The SMILES string of the molecule is Cc1c(C)c(C)c2cc(C(=O)O)c(N)cc2c1C. The molecule has 0 atom stereocenters. The number of carboxylic acid groups (broad SMARTS) is 1. The highest BCUT2D eigenvalue weighted by molar-refractivity contribution is 6.02. The summed E-state index contributed by atoms with van der Waals surface area (Å²) in [5.74, 6) is -0.982. The monoisotopic (exact) mass is 243 g/mol. The van der Waals surface area contributed by atoms with Crippen LogP contribution in [0, 0.1) is 27.7 Å². The summed E-state index contributed by atoms with van der Waals surface area (Å²) in [6.45, 7) is 8.21. The van der Waals surface area contributed by atoms with Gasteiger partial charge in [-0.25, -0.2) is 4.79 Å². The first-order chi connectivity index (χ1) is 8.34. The van der Waals surface area contributed by atoms with Crippen LogP contribution >= 0.6 is 0 Å². The van der Waals surface area contributed by atoms with Crippen molar-refractivity contribution >= 4 is 22.4 Å². The number of benzene rings is 2. The second kappa shape index (κ2) is 4.02. The van der Waals surface area contributed by atoms with Crippen LogP contribution in [0.4, 0.5) is 5.69 Å². The summed E-state index contributed by atoms with van der Waals surface area (Å²) in [6, 6.07) is 3.45. The Morgan fingerprint density at radius 1 is 0.944 bits per heavy atom. The number of nitrogen functional groups attached to an aromatic ring is 1. The molecule has 0 unspecified atom stereocenters. The van der Waals surface area contributed by atoms with Crippen LogP contribution in [0.25, 0.3) is 10.8 Å². The number of aryl methyl sites for hydroxylation is 2. The normalized spacial score (nSPS) is 10.9. The topological polar surface area (TPSA) is 63.3 Å². The average Bonchev–Trinajstić information content (AvgIpc) is 2.33. The maximum absolute atomic E-state index is 11.1. The largest absolute Gasteiger partial charge is 0.478 e. The van der Waals surface area contributed by atoms with Crippen LogP contribution in [0.15, 0.2) is 12.1 Å². The van der Waals surface area contributed by atoms with Gasteiger partial charge in [0.1, 0.15) is 0 Å². The molecule has 0 aliphatic rings. The summed E-state index contributed by atoms with van der Waals surface area (Å²) < 4.78 is 0. The lowest BCUT2D eigenvalue weighted by molar-refractivity contribution is 0.0698. The van der Waals surface area contributed by atoms with E-state index < -0.39 is 5.97 Å². The zero-order valence-corrected chi connectivity index (χ0v) is 11.1. The molecule has 18 heavy (non-hydrogen) atoms. The molecule has 94 valence electrons. The molecule has 0 saturated carbocycles. The third-order valence-electron chi connectivity index (χ3n) is 3.92. The summed E-state index contributed by atoms with van der Waals surface area (Å²) in [6.07, 6.45) is 0. The van der Waals surface area contributed by atoms with Gasteiger partial charge >= 0.3 is 5.97 Å². The van der Waals surface area contributed by atoms with Crippen LogP contribution in [0.5, 0.6) is 0 Å². The number of hydrogen-bond acceptors (Lipinski definition) is 2. The smallest absolute Gasteiger partial charge is 0.337 e. The lowest BCUT2D eigenvalue weighted by Crippen LogP contribution is -2.04. The Hall–Kier alpha value is -2.03. The van der Waals surface area contributed by atoms with Crippen molar-refractivity contribution in [3.8, 4) is 0 Å². The van der Waals surface area contributed by atoms with Crippen LogP contribution in [0.2, 0.25) is 0 Å². The minimum Gasteiger partial charge on any atom is -0.478 e. The van der Waals surface area contributed by atoms with Crippen molar-refractivity contribution in [1.82, 2.24) is 0 Å². The second-order valence-corrected chi connectivity index (χ2v) is 4.79. The molecule has 3 N–H and O–H groups in total. The van der Waals surface area contributed by atoms with Crippen molar-refractivity contribution in [3.05, 3.63) is 39.9 Å². The van der Waals surface area contributed by atoms with Crippen LogP contribution < -0.4 is 5.73 Å². The minimum absolute atomic E-state index is 0.174. The molecular formula is C15H17NO2. The van der Waals surface area contributed by atoms with Crippen LogP contribution in [0.1, 0.15) is 32.6 Å². The van der Waals surface area contributed by atoms with E-state index in [0.29, 0.717) is 5.69 Å². The van der Waals surface area contributed by atoms with E-state index in [0.717, 1.165) is 21.9 Å². The van der Waals surface area contributed by atoms with Gasteiger partial charge in [0.05, 0.1) is 5.56 Å². The highest BCUT2D eigenvalue weighted by Gasteiger charge is 2.14. The van der Waals surface area contributed by atoms with E-state index in [4.69, 9.17) is 10.8 Å².